The van der Waals surface area contributed by atoms with Crippen molar-refractivity contribution in [2.45, 2.75) is 39.9 Å². The lowest BCUT2D eigenvalue weighted by molar-refractivity contribution is -0.145. The smallest absolute Gasteiger partial charge is 0.309 e. The standard InChI is InChI=1S/C29H33N3O4/c1-18-7-10-22(15-23(18)17-36-16-21-8-11-24(34-5)12-9-21)27(20(3)29(33)35-6)25-13-14-26-28(19(25)2)30-31-32(26)4/h7-15,20,27H,16-17H2,1-6H3. The van der Waals surface area contributed by atoms with Crippen LogP contribution in [-0.4, -0.2) is 35.2 Å². The lowest BCUT2D eigenvalue weighted by Crippen LogP contribution is -2.23. The van der Waals surface area contributed by atoms with E-state index in [-0.39, 0.29) is 11.9 Å². The average molecular weight is 488 g/mol. The van der Waals surface area contributed by atoms with Gasteiger partial charge >= 0.3 is 5.97 Å². The molecule has 7 nitrogen and oxygen atoms in total. The Kier molecular flexibility index (Phi) is 7.70. The molecule has 0 spiro atoms. The Balaban J connectivity index is 1.65. The first-order chi connectivity index (χ1) is 17.3. The van der Waals surface area contributed by atoms with Crippen molar-refractivity contribution < 1.29 is 19.0 Å². The third kappa shape index (κ3) is 5.11. The highest BCUT2D eigenvalue weighted by Gasteiger charge is 2.30. The minimum absolute atomic E-state index is 0.204. The Morgan fingerprint density at radius 2 is 1.75 bits per heavy atom. The van der Waals surface area contributed by atoms with Gasteiger partial charge in [-0.15, -0.1) is 5.10 Å². The van der Waals surface area contributed by atoms with E-state index in [0.717, 1.165) is 50.2 Å². The van der Waals surface area contributed by atoms with Crippen LogP contribution in [0.15, 0.2) is 54.6 Å². The molecule has 0 aliphatic rings. The Bertz CT molecular complexity index is 1360. The highest BCUT2D eigenvalue weighted by atomic mass is 16.5. The summed E-state index contributed by atoms with van der Waals surface area (Å²) >= 11 is 0. The van der Waals surface area contributed by atoms with Crippen molar-refractivity contribution in [2.75, 3.05) is 14.2 Å². The number of nitrogens with zero attached hydrogens (tertiary/aromatic N) is 3. The van der Waals surface area contributed by atoms with Gasteiger partial charge in [-0.2, -0.15) is 0 Å². The number of methoxy groups -OCH3 is 2. The molecule has 0 aliphatic heterocycles. The number of hydrogen-bond acceptors (Lipinski definition) is 6. The summed E-state index contributed by atoms with van der Waals surface area (Å²) in [4.78, 5) is 12.7. The van der Waals surface area contributed by atoms with Crippen molar-refractivity contribution in [3.05, 3.63) is 88.0 Å². The summed E-state index contributed by atoms with van der Waals surface area (Å²) in [6.45, 7) is 6.99. The van der Waals surface area contributed by atoms with Gasteiger partial charge in [0.05, 0.1) is 38.9 Å². The first-order valence-electron chi connectivity index (χ1n) is 12.0. The zero-order valence-corrected chi connectivity index (χ0v) is 21.7. The lowest BCUT2D eigenvalue weighted by Gasteiger charge is -2.26. The van der Waals surface area contributed by atoms with Crippen LogP contribution < -0.4 is 4.74 Å². The zero-order valence-electron chi connectivity index (χ0n) is 21.7. The molecule has 4 aromatic rings. The summed E-state index contributed by atoms with van der Waals surface area (Å²) in [5.41, 5.74) is 8.18. The third-order valence-corrected chi connectivity index (χ3v) is 6.90. The Hall–Kier alpha value is -3.71. The van der Waals surface area contributed by atoms with Crippen LogP contribution in [0.5, 0.6) is 5.75 Å². The van der Waals surface area contributed by atoms with Crippen molar-refractivity contribution in [3.63, 3.8) is 0 Å². The van der Waals surface area contributed by atoms with Crippen molar-refractivity contribution >= 4 is 17.0 Å². The Morgan fingerprint density at radius 1 is 1.00 bits per heavy atom. The number of esters is 1. The molecule has 4 rings (SSSR count). The minimum Gasteiger partial charge on any atom is -0.497 e. The number of carbonyl (C=O) groups is 1. The Morgan fingerprint density at radius 3 is 2.44 bits per heavy atom. The first kappa shape index (κ1) is 25.4. The maximum atomic E-state index is 12.7. The van der Waals surface area contributed by atoms with Gasteiger partial charge in [-0.25, -0.2) is 4.68 Å². The van der Waals surface area contributed by atoms with E-state index in [2.05, 4.69) is 41.5 Å². The van der Waals surface area contributed by atoms with Crippen molar-refractivity contribution in [2.24, 2.45) is 13.0 Å². The van der Waals surface area contributed by atoms with Gasteiger partial charge < -0.3 is 14.2 Å². The van der Waals surface area contributed by atoms with Gasteiger partial charge in [0.25, 0.3) is 0 Å². The molecule has 2 atom stereocenters. The van der Waals surface area contributed by atoms with Gasteiger partial charge in [0.2, 0.25) is 0 Å². The monoisotopic (exact) mass is 487 g/mol. The second kappa shape index (κ2) is 10.9. The first-order valence-corrected chi connectivity index (χ1v) is 12.0. The molecule has 1 aromatic heterocycles. The molecule has 188 valence electrons. The molecule has 0 saturated heterocycles. The van der Waals surface area contributed by atoms with E-state index in [1.54, 1.807) is 11.8 Å². The number of rotatable bonds is 9. The SMILES string of the molecule is COC(=O)C(C)C(c1ccc(C)c(COCc2ccc(OC)cc2)c1)c1ccc2c(nnn2C)c1C. The summed E-state index contributed by atoms with van der Waals surface area (Å²) in [5.74, 6) is -0.0251. The summed E-state index contributed by atoms with van der Waals surface area (Å²) in [6.07, 6.45) is 0. The number of fused-ring (bicyclic) bond motifs is 1. The zero-order chi connectivity index (χ0) is 25.8. The Labute approximate surface area is 212 Å². The van der Waals surface area contributed by atoms with Gasteiger partial charge in [0.1, 0.15) is 11.3 Å². The largest absolute Gasteiger partial charge is 0.497 e. The second-order valence-electron chi connectivity index (χ2n) is 9.18. The summed E-state index contributed by atoms with van der Waals surface area (Å²) < 4.78 is 18.2. The van der Waals surface area contributed by atoms with Crippen LogP contribution in [0.1, 0.15) is 46.2 Å². The molecule has 0 amide bonds. The van der Waals surface area contributed by atoms with E-state index in [0.29, 0.717) is 13.2 Å². The van der Waals surface area contributed by atoms with E-state index in [4.69, 9.17) is 14.2 Å². The molecule has 7 heteroatoms. The number of ether oxygens (including phenoxy) is 3. The van der Waals surface area contributed by atoms with E-state index < -0.39 is 5.92 Å². The number of carbonyl (C=O) groups excluding carboxylic acids is 1. The van der Waals surface area contributed by atoms with E-state index in [1.165, 1.54) is 7.11 Å². The molecule has 3 aromatic carbocycles. The molecule has 0 bridgehead atoms. The van der Waals surface area contributed by atoms with Gasteiger partial charge in [0.15, 0.2) is 0 Å². The molecule has 2 unspecified atom stereocenters. The predicted octanol–water partition coefficient (Wildman–Crippen LogP) is 5.25. The number of hydrogen-bond donors (Lipinski definition) is 0. The molecular weight excluding hydrogens is 454 g/mol. The van der Waals surface area contributed by atoms with Gasteiger partial charge in [-0.1, -0.05) is 48.5 Å². The molecular formula is C29H33N3O4. The lowest BCUT2D eigenvalue weighted by atomic mass is 9.79. The minimum atomic E-state index is -0.390. The second-order valence-corrected chi connectivity index (χ2v) is 9.18. The van der Waals surface area contributed by atoms with Crippen LogP contribution in [0.25, 0.3) is 11.0 Å². The van der Waals surface area contributed by atoms with Crippen LogP contribution >= 0.6 is 0 Å². The average Bonchev–Trinajstić information content (AvgIpc) is 3.28. The molecule has 0 fully saturated rings. The molecule has 0 aliphatic carbocycles. The summed E-state index contributed by atoms with van der Waals surface area (Å²) in [5, 5.41) is 8.53. The third-order valence-electron chi connectivity index (χ3n) is 6.90. The molecule has 0 radical (unpaired) electrons. The van der Waals surface area contributed by atoms with Crippen LogP contribution in [0.3, 0.4) is 0 Å². The van der Waals surface area contributed by atoms with Crippen molar-refractivity contribution in [1.82, 2.24) is 15.0 Å². The molecule has 0 saturated carbocycles. The van der Waals surface area contributed by atoms with Crippen LogP contribution in [-0.2, 0) is 34.5 Å². The maximum absolute atomic E-state index is 12.7. The van der Waals surface area contributed by atoms with Crippen LogP contribution in [0.2, 0.25) is 0 Å². The van der Waals surface area contributed by atoms with Crippen LogP contribution in [0, 0.1) is 19.8 Å². The number of aryl methyl sites for hydroxylation is 3. The number of benzene rings is 3. The van der Waals surface area contributed by atoms with E-state index in [1.807, 2.05) is 51.2 Å². The molecule has 36 heavy (non-hydrogen) atoms. The van der Waals surface area contributed by atoms with Crippen molar-refractivity contribution in [3.8, 4) is 5.75 Å². The topological polar surface area (TPSA) is 75.5 Å². The normalized spacial score (nSPS) is 12.9. The van der Waals surface area contributed by atoms with Gasteiger partial charge in [-0.05, 0) is 65.4 Å². The quantitative estimate of drug-likeness (QED) is 0.300. The van der Waals surface area contributed by atoms with E-state index in [9.17, 15) is 4.79 Å². The maximum Gasteiger partial charge on any atom is 0.309 e. The highest BCUT2D eigenvalue weighted by Crippen LogP contribution is 2.37. The predicted molar refractivity (Wildman–Crippen MR) is 139 cm³/mol. The molecule has 0 N–H and O–H groups in total. The number of aromatic nitrogens is 3. The fourth-order valence-electron chi connectivity index (χ4n) is 4.69. The molecule has 1 heterocycles. The summed E-state index contributed by atoms with van der Waals surface area (Å²) in [6, 6.07) is 18.3. The van der Waals surface area contributed by atoms with Gasteiger partial charge in [0, 0.05) is 13.0 Å². The van der Waals surface area contributed by atoms with Gasteiger partial charge in [-0.3, -0.25) is 4.79 Å². The van der Waals surface area contributed by atoms with Crippen LogP contribution in [0.4, 0.5) is 0 Å². The fraction of sp³-hybridized carbons (Fsp3) is 0.345. The highest BCUT2D eigenvalue weighted by molar-refractivity contribution is 5.81. The van der Waals surface area contributed by atoms with Crippen molar-refractivity contribution in [1.29, 1.82) is 0 Å². The van der Waals surface area contributed by atoms with E-state index >= 15 is 0 Å². The summed E-state index contributed by atoms with van der Waals surface area (Å²) in [7, 11) is 4.96. The fourth-order valence-corrected chi connectivity index (χ4v) is 4.69.